The molecule has 1 aromatic carbocycles. The van der Waals surface area contributed by atoms with Gasteiger partial charge in [-0.25, -0.2) is 5.48 Å². The molecule has 0 saturated heterocycles. The van der Waals surface area contributed by atoms with Crippen LogP contribution in [-0.4, -0.2) is 19.6 Å². The van der Waals surface area contributed by atoms with E-state index in [2.05, 4.69) is 21.4 Å². The summed E-state index contributed by atoms with van der Waals surface area (Å²) in [5, 5.41) is 0. The van der Waals surface area contributed by atoms with Crippen molar-refractivity contribution in [3.05, 3.63) is 28.2 Å². The third kappa shape index (κ3) is 4.36. The maximum Gasteiger partial charge on any atom is 0.278 e. The molecule has 0 aromatic heterocycles. The van der Waals surface area contributed by atoms with Crippen LogP contribution in [0.3, 0.4) is 0 Å². The fourth-order valence-electron chi connectivity index (χ4n) is 1.19. The van der Waals surface area contributed by atoms with Crippen molar-refractivity contribution in [2.24, 2.45) is 5.92 Å². The molecule has 17 heavy (non-hydrogen) atoms. The molecule has 1 rings (SSSR count). The lowest BCUT2D eigenvalue weighted by atomic mass is 10.2. The predicted octanol–water partition coefficient (Wildman–Crippen LogP) is 2.78. The average molecular weight is 302 g/mol. The summed E-state index contributed by atoms with van der Waals surface area (Å²) in [5.74, 6) is 0.558. The van der Waals surface area contributed by atoms with E-state index in [1.54, 1.807) is 12.1 Å². The molecule has 0 fully saturated rings. The highest BCUT2D eigenvalue weighted by molar-refractivity contribution is 9.10. The quantitative estimate of drug-likeness (QED) is 0.851. The van der Waals surface area contributed by atoms with Crippen LogP contribution in [0.15, 0.2) is 22.7 Å². The number of ether oxygens (including phenoxy) is 1. The molecule has 0 aliphatic rings. The van der Waals surface area contributed by atoms with Gasteiger partial charge in [0.2, 0.25) is 0 Å². The van der Waals surface area contributed by atoms with Crippen LogP contribution in [0.25, 0.3) is 0 Å². The molecule has 5 heteroatoms. The highest BCUT2D eigenvalue weighted by Crippen LogP contribution is 2.22. The molecular formula is C12H16BrNO3. The zero-order chi connectivity index (χ0) is 12.8. The number of nitrogens with one attached hydrogen (secondary N) is 1. The summed E-state index contributed by atoms with van der Waals surface area (Å²) in [7, 11) is 1.52. The van der Waals surface area contributed by atoms with E-state index in [1.165, 1.54) is 7.11 Å². The minimum atomic E-state index is -0.316. The molecule has 1 amide bonds. The number of amides is 1. The summed E-state index contributed by atoms with van der Waals surface area (Å²) in [4.78, 5) is 16.9. The summed E-state index contributed by atoms with van der Waals surface area (Å²) in [6, 6.07) is 5.22. The second-order valence-corrected chi connectivity index (χ2v) is 4.90. The largest absolute Gasteiger partial charge is 0.496 e. The molecule has 0 radical (unpaired) electrons. The Balaban J connectivity index is 2.70. The standard InChI is InChI=1S/C12H16BrNO3/c1-8(2)7-17-14-12(15)10-6-9(13)4-5-11(10)16-3/h4-6,8H,7H2,1-3H3,(H,14,15). The van der Waals surface area contributed by atoms with Crippen molar-refractivity contribution in [2.75, 3.05) is 13.7 Å². The maximum absolute atomic E-state index is 11.8. The Morgan fingerprint density at radius 3 is 2.76 bits per heavy atom. The lowest BCUT2D eigenvalue weighted by Gasteiger charge is -2.10. The van der Waals surface area contributed by atoms with Crippen molar-refractivity contribution >= 4 is 21.8 Å². The molecule has 0 heterocycles. The Hall–Kier alpha value is -1.07. The second kappa shape index (κ2) is 6.61. The van der Waals surface area contributed by atoms with Gasteiger partial charge in [0.15, 0.2) is 0 Å². The number of hydrogen-bond donors (Lipinski definition) is 1. The molecule has 1 N–H and O–H groups in total. The van der Waals surface area contributed by atoms with Crippen molar-refractivity contribution in [3.63, 3.8) is 0 Å². The molecule has 0 bridgehead atoms. The van der Waals surface area contributed by atoms with E-state index in [9.17, 15) is 4.79 Å². The zero-order valence-electron chi connectivity index (χ0n) is 10.1. The number of halogens is 1. The molecule has 1 aromatic rings. The van der Waals surface area contributed by atoms with E-state index in [1.807, 2.05) is 19.9 Å². The van der Waals surface area contributed by atoms with Crippen LogP contribution in [0.4, 0.5) is 0 Å². The summed E-state index contributed by atoms with van der Waals surface area (Å²) < 4.78 is 5.92. The topological polar surface area (TPSA) is 47.6 Å². The van der Waals surface area contributed by atoms with Crippen molar-refractivity contribution in [1.29, 1.82) is 0 Å². The molecule has 4 nitrogen and oxygen atoms in total. The number of benzene rings is 1. The van der Waals surface area contributed by atoms with E-state index in [4.69, 9.17) is 9.57 Å². The fourth-order valence-corrected chi connectivity index (χ4v) is 1.55. The van der Waals surface area contributed by atoms with Crippen LogP contribution in [0.1, 0.15) is 24.2 Å². The number of carbonyl (C=O) groups excluding carboxylic acids is 1. The lowest BCUT2D eigenvalue weighted by molar-refractivity contribution is 0.0206. The minimum absolute atomic E-state index is 0.316. The first kappa shape index (κ1) is 14.0. The maximum atomic E-state index is 11.8. The Morgan fingerprint density at radius 1 is 1.47 bits per heavy atom. The van der Waals surface area contributed by atoms with Crippen molar-refractivity contribution in [1.82, 2.24) is 5.48 Å². The van der Waals surface area contributed by atoms with Gasteiger partial charge in [-0.05, 0) is 24.1 Å². The van der Waals surface area contributed by atoms with Gasteiger partial charge >= 0.3 is 0 Å². The van der Waals surface area contributed by atoms with Gasteiger partial charge in [0.25, 0.3) is 5.91 Å². The van der Waals surface area contributed by atoms with Gasteiger partial charge in [0.05, 0.1) is 19.3 Å². The van der Waals surface area contributed by atoms with Gasteiger partial charge in [0, 0.05) is 4.47 Å². The number of hydrogen-bond acceptors (Lipinski definition) is 3. The lowest BCUT2D eigenvalue weighted by Crippen LogP contribution is -2.26. The third-order valence-corrected chi connectivity index (χ3v) is 2.48. The summed E-state index contributed by atoms with van der Waals surface area (Å²) in [6.07, 6.45) is 0. The van der Waals surface area contributed by atoms with E-state index < -0.39 is 0 Å². The van der Waals surface area contributed by atoms with Crippen LogP contribution >= 0.6 is 15.9 Å². The Kier molecular flexibility index (Phi) is 5.44. The molecule has 0 aliphatic carbocycles. The summed E-state index contributed by atoms with van der Waals surface area (Å²) in [6.45, 7) is 4.49. The zero-order valence-corrected chi connectivity index (χ0v) is 11.7. The van der Waals surface area contributed by atoms with Gasteiger partial charge in [-0.15, -0.1) is 0 Å². The van der Waals surface area contributed by atoms with Crippen LogP contribution in [0.5, 0.6) is 5.75 Å². The number of carbonyl (C=O) groups is 1. The Labute approximate surface area is 109 Å². The second-order valence-electron chi connectivity index (χ2n) is 3.98. The average Bonchev–Trinajstić information content (AvgIpc) is 2.28. The molecular weight excluding hydrogens is 286 g/mol. The van der Waals surface area contributed by atoms with E-state index in [-0.39, 0.29) is 5.91 Å². The van der Waals surface area contributed by atoms with Gasteiger partial charge in [-0.1, -0.05) is 29.8 Å². The molecule has 0 atom stereocenters. The summed E-state index contributed by atoms with van der Waals surface area (Å²) >= 11 is 3.31. The fraction of sp³-hybridized carbons (Fsp3) is 0.417. The highest BCUT2D eigenvalue weighted by atomic mass is 79.9. The monoisotopic (exact) mass is 301 g/mol. The van der Waals surface area contributed by atoms with Crippen molar-refractivity contribution in [3.8, 4) is 5.75 Å². The highest BCUT2D eigenvalue weighted by Gasteiger charge is 2.12. The Bertz CT molecular complexity index is 393. The van der Waals surface area contributed by atoms with Crippen LogP contribution in [-0.2, 0) is 4.84 Å². The number of hydroxylamine groups is 1. The molecule has 0 spiro atoms. The molecule has 94 valence electrons. The first-order valence-electron chi connectivity index (χ1n) is 5.30. The van der Waals surface area contributed by atoms with Crippen molar-refractivity contribution in [2.45, 2.75) is 13.8 Å². The van der Waals surface area contributed by atoms with Crippen LogP contribution < -0.4 is 10.2 Å². The molecule has 0 aliphatic heterocycles. The first-order chi connectivity index (χ1) is 8.04. The van der Waals surface area contributed by atoms with Gasteiger partial charge in [-0.3, -0.25) is 9.63 Å². The van der Waals surface area contributed by atoms with Crippen LogP contribution in [0.2, 0.25) is 0 Å². The van der Waals surface area contributed by atoms with Gasteiger partial charge < -0.3 is 4.74 Å². The molecule has 0 saturated carbocycles. The van der Waals surface area contributed by atoms with Crippen molar-refractivity contribution < 1.29 is 14.4 Å². The van der Waals surface area contributed by atoms with E-state index in [0.29, 0.717) is 23.8 Å². The normalized spacial score (nSPS) is 10.4. The SMILES string of the molecule is COc1ccc(Br)cc1C(=O)NOCC(C)C. The number of methoxy groups -OCH3 is 1. The predicted molar refractivity (Wildman–Crippen MR) is 69.0 cm³/mol. The smallest absolute Gasteiger partial charge is 0.278 e. The minimum Gasteiger partial charge on any atom is -0.496 e. The van der Waals surface area contributed by atoms with E-state index >= 15 is 0 Å². The third-order valence-electron chi connectivity index (χ3n) is 1.99. The van der Waals surface area contributed by atoms with E-state index in [0.717, 1.165) is 4.47 Å². The number of rotatable bonds is 5. The molecule has 0 unspecified atom stereocenters. The van der Waals surface area contributed by atoms with Gasteiger partial charge in [-0.2, -0.15) is 0 Å². The van der Waals surface area contributed by atoms with Crippen LogP contribution in [0, 0.1) is 5.92 Å². The summed E-state index contributed by atoms with van der Waals surface area (Å²) in [5.41, 5.74) is 2.83. The first-order valence-corrected chi connectivity index (χ1v) is 6.09. The van der Waals surface area contributed by atoms with Gasteiger partial charge in [0.1, 0.15) is 5.75 Å². The Morgan fingerprint density at radius 2 is 2.18 bits per heavy atom.